The molecule has 108 valence electrons. The van der Waals surface area contributed by atoms with Crippen LogP contribution in [0.2, 0.25) is 0 Å². The number of hydrogen-bond acceptors (Lipinski definition) is 3. The standard InChI is InChI=1S/C16H28N2O/c1-14(11-19)17-12-16(2,3)13-18(4)10-15-8-6-5-7-9-15/h5-9,14,17,19H,10-13H2,1-4H3/t14-/m1/s1. The van der Waals surface area contributed by atoms with Gasteiger partial charge in [-0.15, -0.1) is 0 Å². The molecule has 3 heteroatoms. The Kier molecular flexibility index (Phi) is 6.49. The number of nitrogens with one attached hydrogen (secondary N) is 1. The van der Waals surface area contributed by atoms with Crippen LogP contribution in [0.4, 0.5) is 0 Å². The van der Waals surface area contributed by atoms with Crippen molar-refractivity contribution in [2.75, 3.05) is 26.7 Å². The monoisotopic (exact) mass is 264 g/mol. The molecule has 0 aliphatic heterocycles. The van der Waals surface area contributed by atoms with Crippen molar-refractivity contribution in [3.8, 4) is 0 Å². The third-order valence-corrected chi connectivity index (χ3v) is 3.20. The van der Waals surface area contributed by atoms with Crippen LogP contribution in [0.3, 0.4) is 0 Å². The number of nitrogens with zero attached hydrogens (tertiary/aromatic N) is 1. The summed E-state index contributed by atoms with van der Waals surface area (Å²) >= 11 is 0. The fraction of sp³-hybridized carbons (Fsp3) is 0.625. The second kappa shape index (κ2) is 7.63. The summed E-state index contributed by atoms with van der Waals surface area (Å²) in [5, 5.41) is 12.4. The second-order valence-electron chi connectivity index (χ2n) is 6.29. The summed E-state index contributed by atoms with van der Waals surface area (Å²) in [5.41, 5.74) is 1.53. The molecule has 0 saturated heterocycles. The lowest BCUT2D eigenvalue weighted by Gasteiger charge is -2.31. The summed E-state index contributed by atoms with van der Waals surface area (Å²) in [4.78, 5) is 2.35. The predicted octanol–water partition coefficient (Wildman–Crippen LogP) is 2.11. The van der Waals surface area contributed by atoms with Crippen LogP contribution in [-0.2, 0) is 6.54 Å². The molecule has 0 spiro atoms. The molecule has 3 nitrogen and oxygen atoms in total. The van der Waals surface area contributed by atoms with E-state index in [4.69, 9.17) is 5.11 Å². The van der Waals surface area contributed by atoms with Crippen molar-refractivity contribution in [3.05, 3.63) is 35.9 Å². The van der Waals surface area contributed by atoms with Gasteiger partial charge in [0.05, 0.1) is 6.61 Å². The van der Waals surface area contributed by atoms with Gasteiger partial charge in [-0.1, -0.05) is 44.2 Å². The Morgan fingerprint density at radius 3 is 2.47 bits per heavy atom. The highest BCUT2D eigenvalue weighted by Gasteiger charge is 2.20. The molecule has 1 aromatic carbocycles. The third-order valence-electron chi connectivity index (χ3n) is 3.20. The molecule has 0 amide bonds. The number of aliphatic hydroxyl groups is 1. The summed E-state index contributed by atoms with van der Waals surface area (Å²) in [6, 6.07) is 10.7. The van der Waals surface area contributed by atoms with Crippen LogP contribution < -0.4 is 5.32 Å². The molecule has 0 radical (unpaired) electrons. The summed E-state index contributed by atoms with van der Waals surface area (Å²) in [7, 11) is 2.16. The molecule has 1 aromatic rings. The van der Waals surface area contributed by atoms with Gasteiger partial charge in [0.1, 0.15) is 0 Å². The van der Waals surface area contributed by atoms with Crippen LogP contribution in [0.5, 0.6) is 0 Å². The van der Waals surface area contributed by atoms with E-state index in [2.05, 4.69) is 55.4 Å². The molecule has 0 aliphatic carbocycles. The molecule has 0 saturated carbocycles. The predicted molar refractivity (Wildman–Crippen MR) is 81.1 cm³/mol. The summed E-state index contributed by atoms with van der Waals surface area (Å²) < 4.78 is 0. The van der Waals surface area contributed by atoms with Gasteiger partial charge in [-0.25, -0.2) is 0 Å². The first-order chi connectivity index (χ1) is 8.93. The highest BCUT2D eigenvalue weighted by atomic mass is 16.3. The number of hydrogen-bond donors (Lipinski definition) is 2. The highest BCUT2D eigenvalue weighted by molar-refractivity contribution is 5.14. The van der Waals surface area contributed by atoms with E-state index in [0.717, 1.165) is 19.6 Å². The molecular weight excluding hydrogens is 236 g/mol. The van der Waals surface area contributed by atoms with Gasteiger partial charge in [-0.2, -0.15) is 0 Å². The first kappa shape index (κ1) is 16.2. The van der Waals surface area contributed by atoms with Gasteiger partial charge < -0.3 is 15.3 Å². The SMILES string of the molecule is C[C@H](CO)NCC(C)(C)CN(C)Cc1ccccc1. The topological polar surface area (TPSA) is 35.5 Å². The van der Waals surface area contributed by atoms with E-state index in [1.807, 2.05) is 13.0 Å². The zero-order valence-corrected chi connectivity index (χ0v) is 12.7. The minimum atomic E-state index is 0.165. The smallest absolute Gasteiger partial charge is 0.0581 e. The first-order valence-electron chi connectivity index (χ1n) is 7.00. The molecule has 0 unspecified atom stereocenters. The number of benzene rings is 1. The van der Waals surface area contributed by atoms with Crippen LogP contribution >= 0.6 is 0 Å². The van der Waals surface area contributed by atoms with Crippen LogP contribution in [-0.4, -0.2) is 42.8 Å². The normalized spacial score (nSPS) is 13.8. The van der Waals surface area contributed by atoms with Crippen molar-refractivity contribution in [3.63, 3.8) is 0 Å². The fourth-order valence-corrected chi connectivity index (χ4v) is 2.25. The molecule has 2 N–H and O–H groups in total. The lowest BCUT2D eigenvalue weighted by molar-refractivity contribution is 0.181. The minimum Gasteiger partial charge on any atom is -0.395 e. The Morgan fingerprint density at radius 1 is 1.26 bits per heavy atom. The van der Waals surface area contributed by atoms with Crippen molar-refractivity contribution in [2.45, 2.75) is 33.4 Å². The average Bonchev–Trinajstić information content (AvgIpc) is 2.36. The molecule has 0 aliphatic rings. The van der Waals surface area contributed by atoms with E-state index in [1.165, 1.54) is 5.56 Å². The van der Waals surface area contributed by atoms with Crippen molar-refractivity contribution in [1.82, 2.24) is 10.2 Å². The van der Waals surface area contributed by atoms with Gasteiger partial charge in [-0.05, 0) is 24.9 Å². The molecular formula is C16H28N2O. The van der Waals surface area contributed by atoms with Gasteiger partial charge in [0.15, 0.2) is 0 Å². The summed E-state index contributed by atoms with van der Waals surface area (Å²) in [5.74, 6) is 0. The molecule has 0 bridgehead atoms. The Bertz CT molecular complexity index is 351. The lowest BCUT2D eigenvalue weighted by atomic mass is 9.92. The molecule has 0 aromatic heterocycles. The van der Waals surface area contributed by atoms with Gasteiger partial charge in [-0.3, -0.25) is 0 Å². The Balaban J connectivity index is 2.39. The lowest BCUT2D eigenvalue weighted by Crippen LogP contribution is -2.42. The Hall–Kier alpha value is -0.900. The second-order valence-corrected chi connectivity index (χ2v) is 6.29. The van der Waals surface area contributed by atoms with Crippen LogP contribution in [0.25, 0.3) is 0 Å². The maximum Gasteiger partial charge on any atom is 0.0581 e. The van der Waals surface area contributed by atoms with E-state index >= 15 is 0 Å². The van der Waals surface area contributed by atoms with Crippen molar-refractivity contribution < 1.29 is 5.11 Å². The van der Waals surface area contributed by atoms with Crippen molar-refractivity contribution in [2.24, 2.45) is 5.41 Å². The van der Waals surface area contributed by atoms with Crippen molar-refractivity contribution >= 4 is 0 Å². The Labute approximate surface area is 117 Å². The molecule has 1 rings (SSSR count). The quantitative estimate of drug-likeness (QED) is 0.755. The maximum atomic E-state index is 9.04. The highest BCUT2D eigenvalue weighted by Crippen LogP contribution is 2.16. The van der Waals surface area contributed by atoms with E-state index < -0.39 is 0 Å². The van der Waals surface area contributed by atoms with Gasteiger partial charge in [0.2, 0.25) is 0 Å². The Morgan fingerprint density at radius 2 is 1.89 bits per heavy atom. The minimum absolute atomic E-state index is 0.165. The third kappa shape index (κ3) is 6.71. The fourth-order valence-electron chi connectivity index (χ4n) is 2.25. The first-order valence-corrected chi connectivity index (χ1v) is 7.00. The van der Waals surface area contributed by atoms with Gasteiger partial charge in [0, 0.05) is 25.7 Å². The van der Waals surface area contributed by atoms with Crippen LogP contribution in [0.1, 0.15) is 26.3 Å². The van der Waals surface area contributed by atoms with Crippen molar-refractivity contribution in [1.29, 1.82) is 0 Å². The van der Waals surface area contributed by atoms with E-state index in [9.17, 15) is 0 Å². The molecule has 0 fully saturated rings. The molecule has 1 atom stereocenters. The van der Waals surface area contributed by atoms with Crippen LogP contribution in [0.15, 0.2) is 30.3 Å². The zero-order chi connectivity index (χ0) is 14.3. The van der Waals surface area contributed by atoms with Gasteiger partial charge >= 0.3 is 0 Å². The van der Waals surface area contributed by atoms with Gasteiger partial charge in [0.25, 0.3) is 0 Å². The number of rotatable bonds is 8. The van der Waals surface area contributed by atoms with E-state index in [0.29, 0.717) is 0 Å². The van der Waals surface area contributed by atoms with E-state index in [-0.39, 0.29) is 18.1 Å². The summed E-state index contributed by atoms with van der Waals surface area (Å²) in [6.07, 6.45) is 0. The van der Waals surface area contributed by atoms with Crippen LogP contribution in [0, 0.1) is 5.41 Å². The molecule has 0 heterocycles. The average molecular weight is 264 g/mol. The largest absolute Gasteiger partial charge is 0.395 e. The maximum absolute atomic E-state index is 9.04. The van der Waals surface area contributed by atoms with E-state index in [1.54, 1.807) is 0 Å². The number of aliphatic hydroxyl groups excluding tert-OH is 1. The molecule has 19 heavy (non-hydrogen) atoms. The zero-order valence-electron chi connectivity index (χ0n) is 12.7. The summed E-state index contributed by atoms with van der Waals surface area (Å²) in [6.45, 7) is 9.61.